The quantitative estimate of drug-likeness (QED) is 0.650. The lowest BCUT2D eigenvalue weighted by atomic mass is 10.1. The first kappa shape index (κ1) is 13.2. The lowest BCUT2D eigenvalue weighted by molar-refractivity contribution is 0.544. The number of benzene rings is 2. The van der Waals surface area contributed by atoms with E-state index in [4.69, 9.17) is 27.6 Å². The lowest BCUT2D eigenvalue weighted by Crippen LogP contribution is -1.87. The number of oxazole rings is 1. The smallest absolute Gasteiger partial charge is 0.199 e. The van der Waals surface area contributed by atoms with E-state index in [1.54, 1.807) is 12.1 Å². The highest BCUT2D eigenvalue weighted by Crippen LogP contribution is 2.28. The van der Waals surface area contributed by atoms with Crippen molar-refractivity contribution in [3.05, 3.63) is 70.0 Å². The summed E-state index contributed by atoms with van der Waals surface area (Å²) in [5.74, 6) is 0.643. The minimum absolute atomic E-state index is 0.470. The van der Waals surface area contributed by atoms with E-state index in [9.17, 15) is 0 Å². The van der Waals surface area contributed by atoms with Gasteiger partial charge in [0.25, 0.3) is 0 Å². The number of halogens is 2. The number of rotatable bonds is 3. The minimum atomic E-state index is 0.470. The van der Waals surface area contributed by atoms with Crippen LogP contribution in [0.4, 0.5) is 0 Å². The molecule has 1 heterocycles. The van der Waals surface area contributed by atoms with Gasteiger partial charge in [-0.1, -0.05) is 60.1 Å². The summed E-state index contributed by atoms with van der Waals surface area (Å²) in [7, 11) is 0. The summed E-state index contributed by atoms with van der Waals surface area (Å²) in [6.45, 7) is 3.73. The largest absolute Gasteiger partial charge is 0.440 e. The fourth-order valence-electron chi connectivity index (χ4n) is 1.99. The first-order chi connectivity index (χ1) is 9.65. The Kier molecular flexibility index (Phi) is 3.51. The summed E-state index contributed by atoms with van der Waals surface area (Å²) >= 11 is 11.9. The van der Waals surface area contributed by atoms with E-state index in [0.29, 0.717) is 27.9 Å². The Bertz CT molecular complexity index is 736. The number of hydrogen-bond donors (Lipinski definition) is 0. The number of nitrogens with zero attached hydrogens (tertiary/aromatic N) is 1. The van der Waals surface area contributed by atoms with Gasteiger partial charge in [0.15, 0.2) is 11.5 Å². The molecule has 0 unspecified atom stereocenters. The van der Waals surface area contributed by atoms with Gasteiger partial charge < -0.3 is 4.42 Å². The van der Waals surface area contributed by atoms with Crippen LogP contribution in [0.2, 0.25) is 10.0 Å². The van der Waals surface area contributed by atoms with E-state index in [-0.39, 0.29) is 0 Å². The molecule has 2 aromatic carbocycles. The van der Waals surface area contributed by atoms with E-state index < -0.39 is 0 Å². The predicted molar refractivity (Wildman–Crippen MR) is 83.4 cm³/mol. The van der Waals surface area contributed by atoms with Gasteiger partial charge in [-0.15, -0.1) is 0 Å². The summed E-state index contributed by atoms with van der Waals surface area (Å²) in [4.78, 5) is 4.42. The molecule has 20 heavy (non-hydrogen) atoms. The third-order valence-corrected chi connectivity index (χ3v) is 3.77. The second-order valence-corrected chi connectivity index (χ2v) is 5.28. The topological polar surface area (TPSA) is 26.0 Å². The number of aromatic nitrogens is 1. The summed E-state index contributed by atoms with van der Waals surface area (Å²) in [5.41, 5.74) is 3.58. The molecule has 0 amide bonds. The van der Waals surface area contributed by atoms with E-state index in [1.165, 1.54) is 0 Å². The van der Waals surface area contributed by atoms with Crippen LogP contribution in [-0.2, 0) is 6.42 Å². The van der Waals surface area contributed by atoms with Crippen molar-refractivity contribution in [3.63, 3.8) is 0 Å². The van der Waals surface area contributed by atoms with Crippen LogP contribution >= 0.6 is 23.2 Å². The minimum Gasteiger partial charge on any atom is -0.440 e. The average Bonchev–Trinajstić information content (AvgIpc) is 2.81. The third kappa shape index (κ3) is 2.58. The molecule has 4 heteroatoms. The SMILES string of the molecule is C=Cc1ccc(Cc2nc3cc(Cl)c(Cl)cc3o2)cc1. The van der Waals surface area contributed by atoms with Crippen molar-refractivity contribution in [1.29, 1.82) is 0 Å². The van der Waals surface area contributed by atoms with Gasteiger partial charge in [-0.05, 0) is 17.2 Å². The Balaban J connectivity index is 1.91. The maximum atomic E-state index is 5.97. The summed E-state index contributed by atoms with van der Waals surface area (Å²) < 4.78 is 5.69. The monoisotopic (exact) mass is 303 g/mol. The first-order valence-electron chi connectivity index (χ1n) is 6.11. The molecule has 0 bridgehead atoms. The van der Waals surface area contributed by atoms with Crippen LogP contribution in [0.1, 0.15) is 17.0 Å². The normalized spacial score (nSPS) is 10.9. The third-order valence-electron chi connectivity index (χ3n) is 3.05. The van der Waals surface area contributed by atoms with E-state index in [1.807, 2.05) is 30.3 Å². The van der Waals surface area contributed by atoms with Crippen LogP contribution < -0.4 is 0 Å². The predicted octanol–water partition coefficient (Wildman–Crippen LogP) is 5.37. The number of fused-ring (bicyclic) bond motifs is 1. The van der Waals surface area contributed by atoms with Crippen LogP contribution in [0.3, 0.4) is 0 Å². The van der Waals surface area contributed by atoms with E-state index >= 15 is 0 Å². The molecule has 0 spiro atoms. The van der Waals surface area contributed by atoms with Crippen molar-refractivity contribution in [2.45, 2.75) is 6.42 Å². The van der Waals surface area contributed by atoms with Gasteiger partial charge in [0.2, 0.25) is 0 Å². The maximum absolute atomic E-state index is 5.97. The molecule has 0 aliphatic heterocycles. The van der Waals surface area contributed by atoms with Crippen molar-refractivity contribution < 1.29 is 4.42 Å². The van der Waals surface area contributed by atoms with Gasteiger partial charge in [-0.3, -0.25) is 0 Å². The molecule has 3 aromatic rings. The van der Waals surface area contributed by atoms with Crippen molar-refractivity contribution in [2.75, 3.05) is 0 Å². The van der Waals surface area contributed by atoms with Crippen LogP contribution in [0.15, 0.2) is 47.4 Å². The van der Waals surface area contributed by atoms with Gasteiger partial charge in [0, 0.05) is 12.5 Å². The molecule has 0 aliphatic rings. The van der Waals surface area contributed by atoms with Gasteiger partial charge in [-0.2, -0.15) is 0 Å². The molecule has 1 aromatic heterocycles. The molecule has 3 rings (SSSR count). The highest BCUT2D eigenvalue weighted by molar-refractivity contribution is 6.42. The molecule has 0 saturated heterocycles. The zero-order valence-corrected chi connectivity index (χ0v) is 12.1. The van der Waals surface area contributed by atoms with Crippen molar-refractivity contribution in [1.82, 2.24) is 4.98 Å². The Morgan fingerprint density at radius 2 is 1.80 bits per heavy atom. The van der Waals surface area contributed by atoms with E-state index in [2.05, 4.69) is 11.6 Å². The number of hydrogen-bond acceptors (Lipinski definition) is 2. The van der Waals surface area contributed by atoms with Crippen LogP contribution in [-0.4, -0.2) is 4.98 Å². The standard InChI is InChI=1S/C16H11Cl2NO/c1-2-10-3-5-11(6-4-10)7-16-19-14-8-12(17)13(18)9-15(14)20-16/h2-6,8-9H,1,7H2. The highest BCUT2D eigenvalue weighted by Gasteiger charge is 2.09. The van der Waals surface area contributed by atoms with Crippen molar-refractivity contribution in [3.8, 4) is 0 Å². The molecule has 100 valence electrons. The summed E-state index contributed by atoms with van der Waals surface area (Å²) in [6.07, 6.45) is 2.44. The Hall–Kier alpha value is -1.77. The van der Waals surface area contributed by atoms with Gasteiger partial charge in [0.05, 0.1) is 10.0 Å². The Morgan fingerprint density at radius 3 is 2.50 bits per heavy atom. The molecule has 0 atom stereocenters. The van der Waals surface area contributed by atoms with Gasteiger partial charge in [0.1, 0.15) is 5.52 Å². The Labute approximate surface area is 126 Å². The van der Waals surface area contributed by atoms with Crippen LogP contribution in [0.25, 0.3) is 17.2 Å². The fraction of sp³-hybridized carbons (Fsp3) is 0.0625. The highest BCUT2D eigenvalue weighted by atomic mass is 35.5. The molecule has 0 aliphatic carbocycles. The zero-order valence-electron chi connectivity index (χ0n) is 10.6. The molecule has 2 nitrogen and oxygen atoms in total. The second-order valence-electron chi connectivity index (χ2n) is 4.46. The molecular formula is C16H11Cl2NO. The second kappa shape index (κ2) is 5.31. The summed E-state index contributed by atoms with van der Waals surface area (Å²) in [6, 6.07) is 11.5. The molecule has 0 N–H and O–H groups in total. The van der Waals surface area contributed by atoms with Crippen LogP contribution in [0.5, 0.6) is 0 Å². The first-order valence-corrected chi connectivity index (χ1v) is 6.87. The van der Waals surface area contributed by atoms with Gasteiger partial charge >= 0.3 is 0 Å². The Morgan fingerprint density at radius 1 is 1.10 bits per heavy atom. The van der Waals surface area contributed by atoms with Crippen LogP contribution in [0, 0.1) is 0 Å². The fourth-order valence-corrected chi connectivity index (χ4v) is 2.30. The average molecular weight is 304 g/mol. The molecule has 0 fully saturated rings. The lowest BCUT2D eigenvalue weighted by Gasteiger charge is -1.98. The van der Waals surface area contributed by atoms with E-state index in [0.717, 1.165) is 16.6 Å². The van der Waals surface area contributed by atoms with Crippen molar-refractivity contribution >= 4 is 40.4 Å². The molecule has 0 saturated carbocycles. The maximum Gasteiger partial charge on any atom is 0.199 e. The zero-order chi connectivity index (χ0) is 14.1. The van der Waals surface area contributed by atoms with Gasteiger partial charge in [-0.25, -0.2) is 4.98 Å². The molecular weight excluding hydrogens is 293 g/mol. The summed E-state index contributed by atoms with van der Waals surface area (Å²) in [5, 5.41) is 0.951. The molecule has 0 radical (unpaired) electrons. The van der Waals surface area contributed by atoms with Crippen molar-refractivity contribution in [2.24, 2.45) is 0 Å².